The number of hydrogen-bond donors (Lipinski definition) is 0. The van der Waals surface area contributed by atoms with Gasteiger partial charge in [0.25, 0.3) is 5.91 Å². The first kappa shape index (κ1) is 18.2. The lowest BCUT2D eigenvalue weighted by atomic mass is 9.96. The summed E-state index contributed by atoms with van der Waals surface area (Å²) in [5, 5.41) is 1.97. The minimum atomic E-state index is 0.159. The van der Waals surface area contributed by atoms with Gasteiger partial charge in [-0.2, -0.15) is 0 Å². The van der Waals surface area contributed by atoms with Crippen molar-refractivity contribution in [2.75, 3.05) is 33.2 Å². The summed E-state index contributed by atoms with van der Waals surface area (Å²) in [5.41, 5.74) is 2.84. The standard InChI is InChI=1S/C21H28N2OS/c1-17-7-3-4-9-19(17)11-13-23-12-5-8-18(16-23)15-22(2)21(24)20-10-6-14-25-20/h3-4,6-7,9-10,14,18H,5,8,11-13,15-16H2,1-2H3. The van der Waals surface area contributed by atoms with Crippen LogP contribution >= 0.6 is 11.3 Å². The zero-order chi connectivity index (χ0) is 17.6. The summed E-state index contributed by atoms with van der Waals surface area (Å²) in [6.07, 6.45) is 3.58. The predicted molar refractivity (Wildman–Crippen MR) is 105 cm³/mol. The van der Waals surface area contributed by atoms with Crippen molar-refractivity contribution in [2.45, 2.75) is 26.2 Å². The van der Waals surface area contributed by atoms with Crippen molar-refractivity contribution in [3.8, 4) is 0 Å². The monoisotopic (exact) mass is 356 g/mol. The van der Waals surface area contributed by atoms with Gasteiger partial charge in [-0.25, -0.2) is 0 Å². The number of likely N-dealkylation sites (tertiary alicyclic amines) is 1. The van der Waals surface area contributed by atoms with Crippen LogP contribution in [0.25, 0.3) is 0 Å². The van der Waals surface area contributed by atoms with Crippen molar-refractivity contribution < 1.29 is 4.79 Å². The van der Waals surface area contributed by atoms with Gasteiger partial charge in [-0.3, -0.25) is 4.79 Å². The highest BCUT2D eigenvalue weighted by molar-refractivity contribution is 7.12. The van der Waals surface area contributed by atoms with E-state index >= 15 is 0 Å². The number of amides is 1. The number of nitrogens with zero attached hydrogens (tertiary/aromatic N) is 2. The number of rotatable bonds is 6. The molecule has 0 aliphatic carbocycles. The molecule has 0 N–H and O–H groups in total. The number of thiophene rings is 1. The Labute approximate surface area is 155 Å². The maximum absolute atomic E-state index is 12.4. The fourth-order valence-corrected chi connectivity index (χ4v) is 4.45. The molecule has 3 nitrogen and oxygen atoms in total. The molecule has 1 saturated heterocycles. The number of carbonyl (C=O) groups excluding carboxylic acids is 1. The Balaban J connectivity index is 1.49. The Bertz CT molecular complexity index is 683. The van der Waals surface area contributed by atoms with Crippen LogP contribution in [0, 0.1) is 12.8 Å². The molecule has 1 unspecified atom stereocenters. The second kappa shape index (κ2) is 8.63. The minimum Gasteiger partial charge on any atom is -0.341 e. The number of aryl methyl sites for hydroxylation is 1. The Morgan fingerprint density at radius 3 is 2.88 bits per heavy atom. The summed E-state index contributed by atoms with van der Waals surface area (Å²) in [4.78, 5) is 17.8. The highest BCUT2D eigenvalue weighted by atomic mass is 32.1. The van der Waals surface area contributed by atoms with E-state index in [0.29, 0.717) is 5.92 Å². The topological polar surface area (TPSA) is 23.6 Å². The molecule has 25 heavy (non-hydrogen) atoms. The minimum absolute atomic E-state index is 0.159. The lowest BCUT2D eigenvalue weighted by molar-refractivity contribution is 0.0735. The van der Waals surface area contributed by atoms with Gasteiger partial charge < -0.3 is 9.80 Å². The molecule has 2 heterocycles. The molecule has 1 atom stereocenters. The molecule has 1 aromatic carbocycles. The molecule has 0 radical (unpaired) electrons. The van der Waals surface area contributed by atoms with E-state index in [-0.39, 0.29) is 5.91 Å². The Hall–Kier alpha value is -1.65. The summed E-state index contributed by atoms with van der Waals surface area (Å²) >= 11 is 1.53. The molecule has 2 aromatic rings. The normalized spacial score (nSPS) is 18.2. The summed E-state index contributed by atoms with van der Waals surface area (Å²) in [5.74, 6) is 0.742. The molecular formula is C21H28N2OS. The zero-order valence-electron chi connectivity index (χ0n) is 15.3. The van der Waals surface area contributed by atoms with Crippen LogP contribution in [-0.2, 0) is 6.42 Å². The van der Waals surface area contributed by atoms with E-state index in [0.717, 1.165) is 30.9 Å². The lowest BCUT2D eigenvalue weighted by Crippen LogP contribution is -2.42. The average Bonchev–Trinajstić information content (AvgIpc) is 3.15. The van der Waals surface area contributed by atoms with Crippen molar-refractivity contribution in [3.05, 3.63) is 57.8 Å². The third-order valence-corrected chi connectivity index (χ3v) is 6.03. The van der Waals surface area contributed by atoms with Gasteiger partial charge in [0.1, 0.15) is 0 Å². The molecule has 0 saturated carbocycles. The van der Waals surface area contributed by atoms with E-state index < -0.39 is 0 Å². The van der Waals surface area contributed by atoms with Gasteiger partial charge in [-0.1, -0.05) is 30.3 Å². The van der Waals surface area contributed by atoms with Crippen LogP contribution in [0.1, 0.15) is 33.6 Å². The predicted octanol–water partition coefficient (Wildman–Crippen LogP) is 4.08. The fraction of sp³-hybridized carbons (Fsp3) is 0.476. The van der Waals surface area contributed by atoms with Crippen LogP contribution in [0.4, 0.5) is 0 Å². The quantitative estimate of drug-likeness (QED) is 0.778. The molecule has 1 amide bonds. The van der Waals surface area contributed by atoms with Crippen LogP contribution < -0.4 is 0 Å². The Kier molecular flexibility index (Phi) is 6.27. The molecule has 4 heteroatoms. The molecule has 1 fully saturated rings. The third-order valence-electron chi connectivity index (χ3n) is 5.17. The lowest BCUT2D eigenvalue weighted by Gasteiger charge is -2.34. The number of piperidine rings is 1. The molecule has 0 bridgehead atoms. The van der Waals surface area contributed by atoms with Gasteiger partial charge in [-0.05, 0) is 61.2 Å². The molecule has 0 spiro atoms. The van der Waals surface area contributed by atoms with Gasteiger partial charge in [-0.15, -0.1) is 11.3 Å². The highest BCUT2D eigenvalue weighted by Gasteiger charge is 2.23. The van der Waals surface area contributed by atoms with Crippen LogP contribution in [0.15, 0.2) is 41.8 Å². The van der Waals surface area contributed by atoms with E-state index in [4.69, 9.17) is 0 Å². The first-order valence-corrected chi connectivity index (χ1v) is 10.1. The fourth-order valence-electron chi connectivity index (χ4n) is 3.73. The SMILES string of the molecule is Cc1ccccc1CCN1CCCC(CN(C)C(=O)c2cccs2)C1. The largest absolute Gasteiger partial charge is 0.341 e. The number of carbonyl (C=O) groups is 1. The van der Waals surface area contributed by atoms with Crippen LogP contribution in [0.2, 0.25) is 0 Å². The van der Waals surface area contributed by atoms with Crippen molar-refractivity contribution in [3.63, 3.8) is 0 Å². The first-order valence-electron chi connectivity index (χ1n) is 9.19. The van der Waals surface area contributed by atoms with Crippen LogP contribution in [0.3, 0.4) is 0 Å². The first-order chi connectivity index (χ1) is 12.1. The summed E-state index contributed by atoms with van der Waals surface area (Å²) in [6.45, 7) is 6.46. The van der Waals surface area contributed by atoms with Gasteiger partial charge in [0.15, 0.2) is 0 Å². The van der Waals surface area contributed by atoms with Crippen LogP contribution in [0.5, 0.6) is 0 Å². The molecule has 134 valence electrons. The maximum atomic E-state index is 12.4. The molecule has 1 aliphatic rings. The molecular weight excluding hydrogens is 328 g/mol. The Morgan fingerprint density at radius 2 is 2.12 bits per heavy atom. The molecule has 3 rings (SSSR count). The van der Waals surface area contributed by atoms with Gasteiger partial charge in [0, 0.05) is 26.7 Å². The number of benzene rings is 1. The van der Waals surface area contributed by atoms with Gasteiger partial charge in [0.2, 0.25) is 0 Å². The smallest absolute Gasteiger partial charge is 0.263 e. The van der Waals surface area contributed by atoms with E-state index in [1.54, 1.807) is 0 Å². The van der Waals surface area contributed by atoms with Crippen molar-refractivity contribution >= 4 is 17.2 Å². The summed E-state index contributed by atoms with van der Waals surface area (Å²) in [6, 6.07) is 12.5. The van der Waals surface area contributed by atoms with Crippen molar-refractivity contribution in [2.24, 2.45) is 5.92 Å². The average molecular weight is 357 g/mol. The van der Waals surface area contributed by atoms with E-state index in [9.17, 15) is 4.79 Å². The molecule has 1 aromatic heterocycles. The Morgan fingerprint density at radius 1 is 1.28 bits per heavy atom. The summed E-state index contributed by atoms with van der Waals surface area (Å²) < 4.78 is 0. The third kappa shape index (κ3) is 4.93. The number of hydrogen-bond acceptors (Lipinski definition) is 3. The summed E-state index contributed by atoms with van der Waals surface area (Å²) in [7, 11) is 1.94. The zero-order valence-corrected chi connectivity index (χ0v) is 16.1. The van der Waals surface area contributed by atoms with E-state index in [1.165, 1.54) is 41.9 Å². The van der Waals surface area contributed by atoms with Gasteiger partial charge >= 0.3 is 0 Å². The van der Waals surface area contributed by atoms with E-state index in [1.807, 2.05) is 29.5 Å². The van der Waals surface area contributed by atoms with Crippen molar-refractivity contribution in [1.82, 2.24) is 9.80 Å². The van der Waals surface area contributed by atoms with Gasteiger partial charge in [0.05, 0.1) is 4.88 Å². The second-order valence-electron chi connectivity index (χ2n) is 7.15. The second-order valence-corrected chi connectivity index (χ2v) is 8.10. The maximum Gasteiger partial charge on any atom is 0.263 e. The van der Waals surface area contributed by atoms with Crippen LogP contribution in [-0.4, -0.2) is 48.9 Å². The molecule has 1 aliphatic heterocycles. The van der Waals surface area contributed by atoms with E-state index in [2.05, 4.69) is 36.1 Å². The van der Waals surface area contributed by atoms with Crippen molar-refractivity contribution in [1.29, 1.82) is 0 Å². The highest BCUT2D eigenvalue weighted by Crippen LogP contribution is 2.20.